The Hall–Kier alpha value is -0.290. The Morgan fingerprint density at radius 3 is 1.76 bits per heavy atom. The van der Waals surface area contributed by atoms with Gasteiger partial charge in [0.05, 0.1) is 12.2 Å². The van der Waals surface area contributed by atoms with Gasteiger partial charge in [0.1, 0.15) is 12.3 Å². The molecule has 0 aromatic carbocycles. The van der Waals surface area contributed by atoms with Crippen LogP contribution in [-0.4, -0.2) is 43.9 Å². The summed E-state index contributed by atoms with van der Waals surface area (Å²) in [7, 11) is 0. The number of hydrogen-bond acceptors (Lipinski definition) is 2. The fraction of sp³-hybridized carbons (Fsp3) is 1.00. The summed E-state index contributed by atoms with van der Waals surface area (Å²) >= 11 is 0. The van der Waals surface area contributed by atoms with E-state index in [9.17, 15) is 0 Å². The van der Waals surface area contributed by atoms with Gasteiger partial charge in [-0.3, -0.25) is 0 Å². The molecule has 4 aliphatic rings. The Bertz CT molecular complexity index is 630. The van der Waals surface area contributed by atoms with E-state index in [1.807, 2.05) is 0 Å². The number of ether oxygens (including phenoxy) is 2. The smallest absolute Gasteiger partial charge is 0.157 e. The van der Waals surface area contributed by atoms with E-state index in [-0.39, 0.29) is 5.92 Å². The van der Waals surface area contributed by atoms with Gasteiger partial charge in [0.2, 0.25) is 0 Å². The number of fused-ring (bicyclic) bond motifs is 1. The van der Waals surface area contributed by atoms with Gasteiger partial charge < -0.3 is 9.47 Å². The van der Waals surface area contributed by atoms with E-state index in [1.165, 1.54) is 64.2 Å². The van der Waals surface area contributed by atoms with Crippen molar-refractivity contribution in [1.82, 2.24) is 0 Å². The van der Waals surface area contributed by atoms with Gasteiger partial charge in [0.15, 0.2) is 6.17 Å². The predicted molar refractivity (Wildman–Crippen MR) is 145 cm³/mol. The zero-order valence-electron chi connectivity index (χ0n) is 23.7. The molecule has 216 valence electrons. The van der Waals surface area contributed by atoms with E-state index >= 15 is 13.2 Å². The van der Waals surface area contributed by atoms with E-state index in [1.54, 1.807) is 0 Å². The highest BCUT2D eigenvalue weighted by molar-refractivity contribution is 5.01. The van der Waals surface area contributed by atoms with E-state index in [0.717, 1.165) is 43.4 Å². The second-order valence-electron chi connectivity index (χ2n) is 13.3. The molecule has 4 saturated carbocycles. The van der Waals surface area contributed by atoms with Crippen LogP contribution < -0.4 is 0 Å². The van der Waals surface area contributed by atoms with E-state index < -0.39 is 36.6 Å². The number of rotatable bonds is 12. The van der Waals surface area contributed by atoms with Crippen molar-refractivity contribution in [1.29, 1.82) is 0 Å². The first-order valence-electron chi connectivity index (χ1n) is 16.1. The van der Waals surface area contributed by atoms with Crippen molar-refractivity contribution in [3.8, 4) is 0 Å². The molecule has 0 amide bonds. The molecule has 4 aliphatic carbocycles. The molecule has 5 heteroatoms. The number of alkyl halides is 3. The molecule has 0 aliphatic heterocycles. The molecule has 2 nitrogen and oxygen atoms in total. The average Bonchev–Trinajstić information content (AvgIpc) is 2.91. The Morgan fingerprint density at radius 2 is 1.16 bits per heavy atom. The molecule has 0 bridgehead atoms. The highest BCUT2D eigenvalue weighted by atomic mass is 19.2. The summed E-state index contributed by atoms with van der Waals surface area (Å²) in [6.07, 6.45) is 13.5. The van der Waals surface area contributed by atoms with Crippen molar-refractivity contribution in [3.05, 3.63) is 0 Å². The highest BCUT2D eigenvalue weighted by Gasteiger charge is 2.53. The lowest BCUT2D eigenvalue weighted by atomic mass is 9.66. The van der Waals surface area contributed by atoms with E-state index in [4.69, 9.17) is 9.47 Å². The Morgan fingerprint density at radius 1 is 0.568 bits per heavy atom. The molecule has 0 radical (unpaired) electrons. The molecule has 37 heavy (non-hydrogen) atoms. The maximum Gasteiger partial charge on any atom is 0.157 e. The van der Waals surface area contributed by atoms with Crippen LogP contribution in [0.15, 0.2) is 0 Å². The molecule has 0 saturated heterocycles. The van der Waals surface area contributed by atoms with Crippen LogP contribution in [0, 0.1) is 35.5 Å². The zero-order valence-corrected chi connectivity index (χ0v) is 23.7. The maximum atomic E-state index is 15.1. The van der Waals surface area contributed by atoms with Gasteiger partial charge >= 0.3 is 0 Å². The van der Waals surface area contributed by atoms with Gasteiger partial charge in [-0.15, -0.1) is 0 Å². The summed E-state index contributed by atoms with van der Waals surface area (Å²) in [4.78, 5) is 0. The fourth-order valence-electron chi connectivity index (χ4n) is 8.14. The third-order valence-corrected chi connectivity index (χ3v) is 10.6. The third kappa shape index (κ3) is 8.12. The van der Waals surface area contributed by atoms with Crippen LogP contribution in [0.1, 0.15) is 123 Å². The van der Waals surface area contributed by atoms with E-state index in [0.29, 0.717) is 38.4 Å². The van der Waals surface area contributed by atoms with Crippen molar-refractivity contribution >= 4 is 0 Å². The predicted octanol–water partition coefficient (Wildman–Crippen LogP) is 9.19. The van der Waals surface area contributed by atoms with Crippen LogP contribution in [-0.2, 0) is 9.47 Å². The minimum Gasteiger partial charge on any atom is -0.375 e. The van der Waals surface area contributed by atoms with Gasteiger partial charge in [-0.1, -0.05) is 84.5 Å². The minimum absolute atomic E-state index is 0.138. The normalized spacial score (nSPS) is 42.9. The van der Waals surface area contributed by atoms with Crippen molar-refractivity contribution in [2.45, 2.75) is 154 Å². The first-order chi connectivity index (χ1) is 18.0. The Balaban J connectivity index is 1.13. The van der Waals surface area contributed by atoms with E-state index in [2.05, 4.69) is 13.8 Å². The van der Waals surface area contributed by atoms with Gasteiger partial charge in [-0.2, -0.15) is 0 Å². The summed E-state index contributed by atoms with van der Waals surface area (Å²) in [5.41, 5.74) is 0. The highest BCUT2D eigenvalue weighted by Crippen LogP contribution is 2.46. The SMILES string of the molecule is CCCCOC1CCC2CC(OCC3CCC(CCC4CCC(CCC)CC4)CC3)C(F)C(F)C2C1F. The van der Waals surface area contributed by atoms with Crippen LogP contribution in [0.5, 0.6) is 0 Å². The van der Waals surface area contributed by atoms with Crippen molar-refractivity contribution in [2.75, 3.05) is 13.2 Å². The molecule has 4 fully saturated rings. The molecular formula is C32H55F3O2. The summed E-state index contributed by atoms with van der Waals surface area (Å²) < 4.78 is 57.1. The van der Waals surface area contributed by atoms with Gasteiger partial charge in [0.25, 0.3) is 0 Å². The third-order valence-electron chi connectivity index (χ3n) is 10.6. The Labute approximate surface area is 225 Å². The molecule has 0 heterocycles. The first-order valence-corrected chi connectivity index (χ1v) is 16.1. The monoisotopic (exact) mass is 528 g/mol. The molecule has 0 aromatic rings. The van der Waals surface area contributed by atoms with Crippen molar-refractivity contribution < 1.29 is 22.6 Å². The average molecular weight is 529 g/mol. The summed E-state index contributed by atoms with van der Waals surface area (Å²) in [5.74, 6) is 2.21. The fourth-order valence-corrected chi connectivity index (χ4v) is 8.14. The minimum atomic E-state index is -1.79. The standard InChI is InChI=1S/C32H55F3O2/c1-3-5-19-36-27-18-17-26-20-28(31(34)32(35)29(26)30(27)33)37-21-25-15-13-24(14-16-25)12-11-23-9-7-22(6-4-2)8-10-23/h22-32H,3-21H2,1-2H3. The van der Waals surface area contributed by atoms with Crippen LogP contribution in [0.3, 0.4) is 0 Å². The van der Waals surface area contributed by atoms with Crippen LogP contribution in [0.4, 0.5) is 13.2 Å². The van der Waals surface area contributed by atoms with Crippen LogP contribution in [0.25, 0.3) is 0 Å². The van der Waals surface area contributed by atoms with Crippen molar-refractivity contribution in [3.63, 3.8) is 0 Å². The Kier molecular flexibility index (Phi) is 12.0. The molecule has 0 N–H and O–H groups in total. The molecule has 4 rings (SSSR count). The van der Waals surface area contributed by atoms with Gasteiger partial charge in [-0.25, -0.2) is 13.2 Å². The summed E-state index contributed by atoms with van der Waals surface area (Å²) in [6, 6.07) is 0. The van der Waals surface area contributed by atoms with Crippen molar-refractivity contribution in [2.24, 2.45) is 35.5 Å². The number of hydrogen-bond donors (Lipinski definition) is 0. The molecule has 0 spiro atoms. The molecule has 0 aromatic heterocycles. The lowest BCUT2D eigenvalue weighted by Crippen LogP contribution is -2.55. The first kappa shape index (κ1) is 29.7. The molecule has 7 unspecified atom stereocenters. The lowest BCUT2D eigenvalue weighted by Gasteiger charge is -2.47. The summed E-state index contributed by atoms with van der Waals surface area (Å²) in [5, 5.41) is 0. The largest absolute Gasteiger partial charge is 0.375 e. The number of unbranched alkanes of at least 4 members (excludes halogenated alkanes) is 1. The second-order valence-corrected chi connectivity index (χ2v) is 13.3. The lowest BCUT2D eigenvalue weighted by molar-refractivity contribution is -0.154. The topological polar surface area (TPSA) is 18.5 Å². The van der Waals surface area contributed by atoms with Crippen LogP contribution >= 0.6 is 0 Å². The maximum absolute atomic E-state index is 15.1. The van der Waals surface area contributed by atoms with Crippen LogP contribution in [0.2, 0.25) is 0 Å². The van der Waals surface area contributed by atoms with Gasteiger partial charge in [-0.05, 0) is 68.1 Å². The number of halogens is 3. The molecular weight excluding hydrogens is 473 g/mol. The second kappa shape index (κ2) is 14.9. The van der Waals surface area contributed by atoms with Gasteiger partial charge in [0, 0.05) is 19.1 Å². The quantitative estimate of drug-likeness (QED) is 0.235. The molecule has 7 atom stereocenters. The summed E-state index contributed by atoms with van der Waals surface area (Å²) in [6.45, 7) is 5.41. The zero-order chi connectivity index (χ0) is 26.2.